The van der Waals surface area contributed by atoms with Crippen LogP contribution in [0.4, 0.5) is 11.4 Å². The van der Waals surface area contributed by atoms with E-state index in [1.807, 2.05) is 42.7 Å². The van der Waals surface area contributed by atoms with Gasteiger partial charge in [-0.25, -0.2) is 0 Å². The molecule has 0 unspecified atom stereocenters. The number of nitrogens with one attached hydrogen (secondary N) is 2. The summed E-state index contributed by atoms with van der Waals surface area (Å²) in [4.78, 5) is 16.6. The van der Waals surface area contributed by atoms with Gasteiger partial charge in [0.1, 0.15) is 0 Å². The topological polar surface area (TPSA) is 70.9 Å². The van der Waals surface area contributed by atoms with Crippen LogP contribution in [0.3, 0.4) is 0 Å². The number of benzene rings is 2. The molecule has 0 spiro atoms. The van der Waals surface area contributed by atoms with Gasteiger partial charge < -0.3 is 16.0 Å². The fourth-order valence-corrected chi connectivity index (χ4v) is 2.82. The predicted molar refractivity (Wildman–Crippen MR) is 88.9 cm³/mol. The molecule has 21 heavy (non-hydrogen) atoms. The zero-order chi connectivity index (χ0) is 14.8. The van der Waals surface area contributed by atoms with Crippen molar-refractivity contribution in [1.29, 1.82) is 0 Å². The van der Waals surface area contributed by atoms with Gasteiger partial charge in [-0.15, -0.1) is 11.8 Å². The zero-order valence-electron chi connectivity index (χ0n) is 11.5. The van der Waals surface area contributed by atoms with Gasteiger partial charge in [0, 0.05) is 27.7 Å². The van der Waals surface area contributed by atoms with Crippen molar-refractivity contribution >= 4 is 39.9 Å². The Morgan fingerprint density at radius 2 is 2.05 bits per heavy atom. The second-order valence-corrected chi connectivity index (χ2v) is 5.51. The van der Waals surface area contributed by atoms with Gasteiger partial charge in [0.05, 0.1) is 11.3 Å². The summed E-state index contributed by atoms with van der Waals surface area (Å²) < 4.78 is 0. The first-order valence-corrected chi connectivity index (χ1v) is 7.72. The molecule has 0 atom stereocenters. The lowest BCUT2D eigenvalue weighted by Gasteiger charge is -2.08. The van der Waals surface area contributed by atoms with E-state index in [0.29, 0.717) is 11.3 Å². The van der Waals surface area contributed by atoms with Crippen LogP contribution >= 0.6 is 11.8 Å². The molecular weight excluding hydrogens is 282 g/mol. The molecule has 1 heterocycles. The van der Waals surface area contributed by atoms with E-state index in [1.165, 1.54) is 0 Å². The number of aromatic nitrogens is 1. The Morgan fingerprint density at radius 1 is 1.24 bits per heavy atom. The normalized spacial score (nSPS) is 10.7. The van der Waals surface area contributed by atoms with Gasteiger partial charge in [0.25, 0.3) is 5.91 Å². The van der Waals surface area contributed by atoms with Crippen LogP contribution in [0, 0.1) is 0 Å². The molecular formula is C16H15N3OS. The molecule has 4 nitrogen and oxygen atoms in total. The highest BCUT2D eigenvalue weighted by molar-refractivity contribution is 7.98. The number of para-hydroxylation sites is 1. The van der Waals surface area contributed by atoms with Gasteiger partial charge in [0.15, 0.2) is 0 Å². The van der Waals surface area contributed by atoms with Crippen LogP contribution in [0.2, 0.25) is 0 Å². The molecule has 0 aliphatic carbocycles. The van der Waals surface area contributed by atoms with Gasteiger partial charge in [-0.1, -0.05) is 12.1 Å². The van der Waals surface area contributed by atoms with Crippen LogP contribution < -0.4 is 11.1 Å². The van der Waals surface area contributed by atoms with Crippen molar-refractivity contribution in [2.24, 2.45) is 0 Å². The maximum absolute atomic E-state index is 12.5. The molecule has 0 saturated carbocycles. The maximum Gasteiger partial charge on any atom is 0.257 e. The number of hydrogen-bond donors (Lipinski definition) is 3. The number of anilines is 2. The minimum absolute atomic E-state index is 0.132. The first-order chi connectivity index (χ1) is 10.2. The third kappa shape index (κ3) is 2.60. The largest absolute Gasteiger partial charge is 0.399 e. The number of nitrogen functional groups attached to an aromatic ring is 1. The van der Waals surface area contributed by atoms with Crippen molar-refractivity contribution in [3.8, 4) is 0 Å². The van der Waals surface area contributed by atoms with Crippen LogP contribution in [-0.2, 0) is 0 Å². The number of carbonyl (C=O) groups is 1. The van der Waals surface area contributed by atoms with Crippen LogP contribution in [0.25, 0.3) is 10.9 Å². The van der Waals surface area contributed by atoms with Crippen LogP contribution in [0.1, 0.15) is 10.4 Å². The van der Waals surface area contributed by atoms with E-state index in [4.69, 9.17) is 5.73 Å². The second kappa shape index (κ2) is 5.54. The molecule has 0 fully saturated rings. The molecule has 4 N–H and O–H groups in total. The van der Waals surface area contributed by atoms with E-state index < -0.39 is 0 Å². The van der Waals surface area contributed by atoms with Gasteiger partial charge in [-0.05, 0) is 36.6 Å². The summed E-state index contributed by atoms with van der Waals surface area (Å²) >= 11 is 1.60. The molecule has 1 aromatic heterocycles. The average molecular weight is 297 g/mol. The van der Waals surface area contributed by atoms with Crippen molar-refractivity contribution < 1.29 is 4.79 Å². The van der Waals surface area contributed by atoms with Crippen LogP contribution in [0.15, 0.2) is 53.6 Å². The quantitative estimate of drug-likeness (QED) is 0.509. The highest BCUT2D eigenvalue weighted by Gasteiger charge is 2.13. The Morgan fingerprint density at radius 3 is 2.86 bits per heavy atom. The summed E-state index contributed by atoms with van der Waals surface area (Å²) in [7, 11) is 0. The van der Waals surface area contributed by atoms with Crippen molar-refractivity contribution in [3.63, 3.8) is 0 Å². The average Bonchev–Trinajstić information content (AvgIpc) is 2.90. The van der Waals surface area contributed by atoms with E-state index in [0.717, 1.165) is 21.5 Å². The molecule has 2 aromatic carbocycles. The number of nitrogens with two attached hydrogens (primary N) is 1. The summed E-state index contributed by atoms with van der Waals surface area (Å²) in [5.74, 6) is -0.132. The first kappa shape index (κ1) is 13.6. The number of amides is 1. The minimum Gasteiger partial charge on any atom is -0.399 e. The number of H-pyrrole nitrogens is 1. The van der Waals surface area contributed by atoms with Gasteiger partial charge in [0.2, 0.25) is 0 Å². The number of aromatic amines is 1. The van der Waals surface area contributed by atoms with Crippen LogP contribution in [-0.4, -0.2) is 17.1 Å². The van der Waals surface area contributed by atoms with E-state index in [-0.39, 0.29) is 5.91 Å². The van der Waals surface area contributed by atoms with Gasteiger partial charge in [-0.2, -0.15) is 0 Å². The number of hydrogen-bond acceptors (Lipinski definition) is 3. The van der Waals surface area contributed by atoms with Gasteiger partial charge in [-0.3, -0.25) is 4.79 Å². The molecule has 5 heteroatoms. The second-order valence-electron chi connectivity index (χ2n) is 4.66. The molecule has 106 valence electrons. The summed E-state index contributed by atoms with van der Waals surface area (Å²) in [6.45, 7) is 0. The summed E-state index contributed by atoms with van der Waals surface area (Å²) in [5, 5.41) is 3.82. The Labute approximate surface area is 126 Å². The molecule has 0 saturated heterocycles. The Kier molecular flexibility index (Phi) is 3.58. The van der Waals surface area contributed by atoms with E-state index in [9.17, 15) is 4.79 Å². The van der Waals surface area contributed by atoms with Crippen molar-refractivity contribution in [1.82, 2.24) is 4.98 Å². The number of carbonyl (C=O) groups excluding carboxylic acids is 1. The van der Waals surface area contributed by atoms with Gasteiger partial charge >= 0.3 is 0 Å². The summed E-state index contributed by atoms with van der Waals surface area (Å²) in [6, 6.07) is 13.2. The molecule has 1 amide bonds. The lowest BCUT2D eigenvalue weighted by Crippen LogP contribution is -2.11. The maximum atomic E-state index is 12.5. The molecule has 3 aromatic rings. The summed E-state index contributed by atoms with van der Waals surface area (Å²) in [6.07, 6.45) is 3.70. The third-order valence-electron chi connectivity index (χ3n) is 3.31. The number of fused-ring (bicyclic) bond motifs is 1. The lowest BCUT2D eigenvalue weighted by molar-refractivity contribution is 0.102. The molecule has 0 aliphatic heterocycles. The van der Waals surface area contributed by atoms with Crippen molar-refractivity contribution in [2.45, 2.75) is 4.90 Å². The highest BCUT2D eigenvalue weighted by Crippen LogP contribution is 2.26. The number of rotatable bonds is 3. The fraction of sp³-hybridized carbons (Fsp3) is 0.0625. The monoisotopic (exact) mass is 297 g/mol. The fourth-order valence-electron chi connectivity index (χ4n) is 2.27. The number of thioether (sulfide) groups is 1. The molecule has 0 radical (unpaired) electrons. The minimum atomic E-state index is -0.132. The zero-order valence-corrected chi connectivity index (χ0v) is 12.3. The molecule has 0 bridgehead atoms. The van der Waals surface area contributed by atoms with E-state index in [2.05, 4.69) is 10.3 Å². The van der Waals surface area contributed by atoms with Crippen LogP contribution in [0.5, 0.6) is 0 Å². The molecule has 0 aliphatic rings. The predicted octanol–water partition coefficient (Wildman–Crippen LogP) is 3.72. The summed E-state index contributed by atoms with van der Waals surface area (Å²) in [5.41, 5.74) is 8.71. The van der Waals surface area contributed by atoms with E-state index in [1.54, 1.807) is 24.0 Å². The third-order valence-corrected chi connectivity index (χ3v) is 4.10. The lowest BCUT2D eigenvalue weighted by atomic mass is 10.1. The Bertz CT molecular complexity index is 810. The van der Waals surface area contributed by atoms with Crippen molar-refractivity contribution in [3.05, 3.63) is 54.2 Å². The highest BCUT2D eigenvalue weighted by atomic mass is 32.2. The molecule has 3 rings (SSSR count). The standard InChI is InChI=1S/C16H15N3OS/c1-21-15-5-3-2-4-13(15)19-16(20)12-9-18-14-8-10(17)6-7-11(12)14/h2-9,18H,17H2,1H3,(H,19,20). The Hall–Kier alpha value is -2.40. The first-order valence-electron chi connectivity index (χ1n) is 6.50. The smallest absolute Gasteiger partial charge is 0.257 e. The van der Waals surface area contributed by atoms with Crippen molar-refractivity contribution in [2.75, 3.05) is 17.3 Å². The Balaban J connectivity index is 1.94. The SMILES string of the molecule is CSc1ccccc1NC(=O)c1c[nH]c2cc(N)ccc12. The van der Waals surface area contributed by atoms with E-state index >= 15 is 0 Å².